The highest BCUT2D eigenvalue weighted by atomic mass is 35.5. The van der Waals surface area contributed by atoms with Gasteiger partial charge in [0.2, 0.25) is 0 Å². The second kappa shape index (κ2) is 10.7. The number of anilines is 1. The Morgan fingerprint density at radius 3 is 2.81 bits per heavy atom. The third kappa shape index (κ3) is 6.21. The van der Waals surface area contributed by atoms with Gasteiger partial charge in [0.15, 0.2) is 0 Å². The third-order valence-corrected chi connectivity index (χ3v) is 5.66. The zero-order valence-electron chi connectivity index (χ0n) is 14.8. The summed E-state index contributed by atoms with van der Waals surface area (Å²) in [5, 5.41) is 11.3. The highest BCUT2D eigenvalue weighted by molar-refractivity contribution is 7.12. The number of rotatable bonds is 6. The summed E-state index contributed by atoms with van der Waals surface area (Å²) in [4.78, 5) is 25.2. The van der Waals surface area contributed by atoms with Gasteiger partial charge in [-0.25, -0.2) is 0 Å². The SMILES string of the molecule is Cl.O=C(NCCC1CCCNC1)c1ccc(Cl)c(NC(=O)c2cccs2)c1. The molecular weight excluding hydrogens is 405 g/mol. The van der Waals surface area contributed by atoms with E-state index in [-0.39, 0.29) is 24.2 Å². The summed E-state index contributed by atoms with van der Waals surface area (Å²) in [6, 6.07) is 8.47. The summed E-state index contributed by atoms with van der Waals surface area (Å²) >= 11 is 7.51. The summed E-state index contributed by atoms with van der Waals surface area (Å²) in [5.41, 5.74) is 0.923. The van der Waals surface area contributed by atoms with Crippen molar-refractivity contribution in [3.05, 3.63) is 51.2 Å². The molecule has 1 aliphatic heterocycles. The average molecular weight is 428 g/mol. The van der Waals surface area contributed by atoms with Gasteiger partial charge in [-0.1, -0.05) is 17.7 Å². The van der Waals surface area contributed by atoms with E-state index in [1.165, 1.54) is 24.2 Å². The zero-order valence-corrected chi connectivity index (χ0v) is 17.2. The van der Waals surface area contributed by atoms with E-state index in [0.717, 1.165) is 19.5 Å². The van der Waals surface area contributed by atoms with E-state index in [1.807, 2.05) is 11.4 Å². The lowest BCUT2D eigenvalue weighted by molar-refractivity contribution is 0.0949. The number of carbonyl (C=O) groups excluding carboxylic acids is 2. The number of amides is 2. The Morgan fingerprint density at radius 2 is 2.11 bits per heavy atom. The first kappa shape index (κ1) is 21.7. The Kier molecular flexibility index (Phi) is 8.57. The minimum absolute atomic E-state index is 0. The number of piperidine rings is 1. The van der Waals surface area contributed by atoms with Crippen molar-refractivity contribution in [3.8, 4) is 0 Å². The van der Waals surface area contributed by atoms with Gasteiger partial charge in [-0.2, -0.15) is 0 Å². The van der Waals surface area contributed by atoms with Crippen molar-refractivity contribution < 1.29 is 9.59 Å². The van der Waals surface area contributed by atoms with E-state index in [9.17, 15) is 9.59 Å². The van der Waals surface area contributed by atoms with E-state index < -0.39 is 0 Å². The maximum atomic E-state index is 12.4. The number of nitrogens with one attached hydrogen (secondary N) is 3. The van der Waals surface area contributed by atoms with Crippen molar-refractivity contribution in [1.82, 2.24) is 10.6 Å². The average Bonchev–Trinajstić information content (AvgIpc) is 3.19. The van der Waals surface area contributed by atoms with Crippen LogP contribution in [0.1, 0.15) is 39.3 Å². The molecule has 0 aliphatic carbocycles. The Morgan fingerprint density at radius 1 is 1.26 bits per heavy atom. The Balaban J connectivity index is 0.00000261. The molecule has 2 aromatic rings. The normalized spacial score (nSPS) is 16.3. The molecule has 1 aliphatic rings. The molecule has 27 heavy (non-hydrogen) atoms. The van der Waals surface area contributed by atoms with Crippen molar-refractivity contribution in [2.75, 3.05) is 25.0 Å². The van der Waals surface area contributed by atoms with Crippen LogP contribution in [0.5, 0.6) is 0 Å². The van der Waals surface area contributed by atoms with E-state index in [4.69, 9.17) is 11.6 Å². The van der Waals surface area contributed by atoms with Crippen LogP contribution in [-0.2, 0) is 0 Å². The zero-order chi connectivity index (χ0) is 18.4. The minimum Gasteiger partial charge on any atom is -0.352 e. The van der Waals surface area contributed by atoms with E-state index in [2.05, 4.69) is 16.0 Å². The lowest BCUT2D eigenvalue weighted by atomic mass is 9.96. The number of benzene rings is 1. The van der Waals surface area contributed by atoms with Crippen LogP contribution in [0.15, 0.2) is 35.7 Å². The first-order chi connectivity index (χ1) is 12.6. The molecule has 5 nitrogen and oxygen atoms in total. The molecule has 1 fully saturated rings. The summed E-state index contributed by atoms with van der Waals surface area (Å²) in [5.74, 6) is 0.233. The van der Waals surface area contributed by atoms with Crippen LogP contribution in [0.3, 0.4) is 0 Å². The topological polar surface area (TPSA) is 70.2 Å². The van der Waals surface area contributed by atoms with Gasteiger partial charge >= 0.3 is 0 Å². The highest BCUT2D eigenvalue weighted by Crippen LogP contribution is 2.24. The molecule has 0 saturated carbocycles. The number of thiophene rings is 1. The second-order valence-corrected chi connectivity index (χ2v) is 7.74. The molecule has 0 bridgehead atoms. The van der Waals surface area contributed by atoms with Crippen LogP contribution in [0, 0.1) is 5.92 Å². The first-order valence-corrected chi connectivity index (χ1v) is 10.0. The van der Waals surface area contributed by atoms with Gasteiger partial charge in [0.25, 0.3) is 11.8 Å². The van der Waals surface area contributed by atoms with Gasteiger partial charge in [-0.15, -0.1) is 23.7 Å². The molecule has 1 aromatic heterocycles. The number of hydrogen-bond acceptors (Lipinski definition) is 4. The lowest BCUT2D eigenvalue weighted by Crippen LogP contribution is -2.33. The lowest BCUT2D eigenvalue weighted by Gasteiger charge is -2.22. The van der Waals surface area contributed by atoms with Crippen LogP contribution in [0.4, 0.5) is 5.69 Å². The summed E-state index contributed by atoms with van der Waals surface area (Å²) < 4.78 is 0. The minimum atomic E-state index is -0.232. The van der Waals surface area contributed by atoms with E-state index in [0.29, 0.717) is 33.6 Å². The van der Waals surface area contributed by atoms with Crippen LogP contribution >= 0.6 is 35.3 Å². The Bertz CT molecular complexity index is 762. The monoisotopic (exact) mass is 427 g/mol. The molecule has 0 spiro atoms. The van der Waals surface area contributed by atoms with Gasteiger partial charge in [-0.05, 0) is 67.9 Å². The van der Waals surface area contributed by atoms with Crippen molar-refractivity contribution in [1.29, 1.82) is 0 Å². The molecule has 1 aromatic carbocycles. The van der Waals surface area contributed by atoms with Crippen LogP contribution in [-0.4, -0.2) is 31.4 Å². The summed E-state index contributed by atoms with van der Waals surface area (Å²) in [6.07, 6.45) is 3.38. The van der Waals surface area contributed by atoms with Crippen molar-refractivity contribution in [2.45, 2.75) is 19.3 Å². The third-order valence-electron chi connectivity index (χ3n) is 4.46. The first-order valence-electron chi connectivity index (χ1n) is 8.77. The quantitative estimate of drug-likeness (QED) is 0.646. The standard InChI is InChI=1S/C19H22ClN3O2S.ClH/c20-15-6-5-14(11-16(15)23-19(25)17-4-2-10-26-17)18(24)22-9-7-13-3-1-8-21-12-13;/h2,4-6,10-11,13,21H,1,3,7-9,12H2,(H,22,24)(H,23,25);1H. The number of carbonyl (C=O) groups is 2. The van der Waals surface area contributed by atoms with Gasteiger partial charge in [-0.3, -0.25) is 9.59 Å². The van der Waals surface area contributed by atoms with E-state index >= 15 is 0 Å². The fourth-order valence-corrected chi connectivity index (χ4v) is 3.80. The van der Waals surface area contributed by atoms with Crippen LogP contribution in [0.2, 0.25) is 5.02 Å². The molecule has 1 atom stereocenters. The molecule has 3 N–H and O–H groups in total. The molecule has 2 heterocycles. The van der Waals surface area contributed by atoms with Crippen LogP contribution in [0.25, 0.3) is 0 Å². The molecule has 8 heteroatoms. The smallest absolute Gasteiger partial charge is 0.265 e. The Labute approximate surface area is 174 Å². The van der Waals surface area contributed by atoms with Crippen molar-refractivity contribution in [3.63, 3.8) is 0 Å². The molecule has 146 valence electrons. The van der Waals surface area contributed by atoms with Crippen molar-refractivity contribution in [2.24, 2.45) is 5.92 Å². The maximum Gasteiger partial charge on any atom is 0.265 e. The maximum absolute atomic E-state index is 12.4. The van der Waals surface area contributed by atoms with E-state index in [1.54, 1.807) is 24.3 Å². The number of halogens is 2. The van der Waals surface area contributed by atoms with Crippen LogP contribution < -0.4 is 16.0 Å². The second-order valence-electron chi connectivity index (χ2n) is 6.38. The molecule has 2 amide bonds. The Hall–Kier alpha value is -1.60. The molecule has 3 rings (SSSR count). The van der Waals surface area contributed by atoms with Gasteiger partial charge < -0.3 is 16.0 Å². The predicted octanol–water partition coefficient (Wildman–Crippen LogP) is 4.20. The van der Waals surface area contributed by atoms with Gasteiger partial charge in [0.1, 0.15) is 0 Å². The molecule has 1 unspecified atom stereocenters. The molecular formula is C19H23Cl2N3O2S. The fourth-order valence-electron chi connectivity index (χ4n) is 3.02. The molecule has 1 saturated heterocycles. The molecule has 0 radical (unpaired) electrons. The fraction of sp³-hybridized carbons (Fsp3) is 0.368. The van der Waals surface area contributed by atoms with Crippen molar-refractivity contribution >= 4 is 52.8 Å². The highest BCUT2D eigenvalue weighted by Gasteiger charge is 2.15. The largest absolute Gasteiger partial charge is 0.352 e. The summed E-state index contributed by atoms with van der Waals surface area (Å²) in [6.45, 7) is 2.76. The number of hydrogen-bond donors (Lipinski definition) is 3. The predicted molar refractivity (Wildman–Crippen MR) is 114 cm³/mol. The summed E-state index contributed by atoms with van der Waals surface area (Å²) in [7, 11) is 0. The van der Waals surface area contributed by atoms with Gasteiger partial charge in [0, 0.05) is 12.1 Å². The van der Waals surface area contributed by atoms with Gasteiger partial charge in [0.05, 0.1) is 15.6 Å².